The van der Waals surface area contributed by atoms with Crippen molar-refractivity contribution in [3.05, 3.63) is 29.8 Å². The maximum absolute atomic E-state index is 12.4. The van der Waals surface area contributed by atoms with Crippen molar-refractivity contribution in [2.45, 2.75) is 52.7 Å². The van der Waals surface area contributed by atoms with E-state index in [0.717, 1.165) is 17.7 Å². The van der Waals surface area contributed by atoms with Gasteiger partial charge < -0.3 is 15.0 Å². The van der Waals surface area contributed by atoms with Gasteiger partial charge in [-0.1, -0.05) is 25.1 Å². The molecular formula is C20H27N3O5. The molecule has 1 aromatic carbocycles. The average Bonchev–Trinajstić information content (AvgIpc) is 3.02. The summed E-state index contributed by atoms with van der Waals surface area (Å²) in [5.74, 6) is -2.16. The summed E-state index contributed by atoms with van der Waals surface area (Å²) >= 11 is 0. The van der Waals surface area contributed by atoms with E-state index in [1.54, 1.807) is 18.7 Å². The topological polar surface area (TPSA) is 105 Å². The van der Waals surface area contributed by atoms with Crippen LogP contribution < -0.4 is 15.5 Å². The molecule has 1 aromatic rings. The van der Waals surface area contributed by atoms with E-state index in [1.807, 2.05) is 31.2 Å². The number of imide groups is 1. The zero-order chi connectivity index (χ0) is 20.8. The van der Waals surface area contributed by atoms with Gasteiger partial charge in [0.15, 0.2) is 6.10 Å². The molecule has 1 aliphatic heterocycles. The number of aryl methyl sites for hydroxylation is 1. The van der Waals surface area contributed by atoms with Gasteiger partial charge in [-0.05, 0) is 38.8 Å². The monoisotopic (exact) mass is 389 g/mol. The van der Waals surface area contributed by atoms with Crippen LogP contribution in [0.5, 0.6) is 0 Å². The predicted octanol–water partition coefficient (Wildman–Crippen LogP) is 1.77. The van der Waals surface area contributed by atoms with Crippen molar-refractivity contribution in [1.29, 1.82) is 0 Å². The summed E-state index contributed by atoms with van der Waals surface area (Å²) in [6.07, 6.45) is -0.346. The van der Waals surface area contributed by atoms with Crippen molar-refractivity contribution in [2.75, 3.05) is 11.4 Å². The number of esters is 1. The van der Waals surface area contributed by atoms with Crippen LogP contribution in [0.2, 0.25) is 0 Å². The molecule has 0 spiro atoms. The lowest BCUT2D eigenvalue weighted by Gasteiger charge is -2.20. The lowest BCUT2D eigenvalue weighted by Crippen LogP contribution is -2.47. The molecule has 0 aromatic heterocycles. The predicted molar refractivity (Wildman–Crippen MR) is 104 cm³/mol. The van der Waals surface area contributed by atoms with Crippen LogP contribution in [-0.4, -0.2) is 42.5 Å². The number of urea groups is 1. The summed E-state index contributed by atoms with van der Waals surface area (Å²) in [4.78, 5) is 50.0. The largest absolute Gasteiger partial charge is 0.452 e. The van der Waals surface area contributed by atoms with E-state index in [4.69, 9.17) is 4.74 Å². The van der Waals surface area contributed by atoms with E-state index < -0.39 is 29.9 Å². The first kappa shape index (κ1) is 21.4. The zero-order valence-corrected chi connectivity index (χ0v) is 16.7. The smallest absolute Gasteiger partial charge is 0.321 e. The molecule has 28 heavy (non-hydrogen) atoms. The number of para-hydroxylation sites is 1. The molecule has 1 aliphatic rings. The zero-order valence-electron chi connectivity index (χ0n) is 16.7. The third-order valence-electron chi connectivity index (χ3n) is 4.44. The van der Waals surface area contributed by atoms with E-state index in [2.05, 4.69) is 10.6 Å². The van der Waals surface area contributed by atoms with Crippen LogP contribution in [-0.2, 0) is 25.5 Å². The van der Waals surface area contributed by atoms with Crippen LogP contribution in [0.15, 0.2) is 24.3 Å². The highest BCUT2D eigenvalue weighted by atomic mass is 16.5. The molecule has 8 nitrogen and oxygen atoms in total. The summed E-state index contributed by atoms with van der Waals surface area (Å²) in [5, 5.41) is 4.64. The maximum atomic E-state index is 12.4. The molecule has 2 rings (SSSR count). The van der Waals surface area contributed by atoms with Gasteiger partial charge in [-0.3, -0.25) is 19.7 Å². The quantitative estimate of drug-likeness (QED) is 0.722. The number of amides is 4. The number of benzene rings is 1. The minimum atomic E-state index is -1.14. The molecule has 1 fully saturated rings. The average molecular weight is 389 g/mol. The highest BCUT2D eigenvalue weighted by Crippen LogP contribution is 2.29. The second kappa shape index (κ2) is 9.34. The van der Waals surface area contributed by atoms with Crippen LogP contribution in [0.25, 0.3) is 0 Å². The van der Waals surface area contributed by atoms with Crippen LogP contribution in [0, 0.1) is 5.92 Å². The molecule has 0 saturated carbocycles. The van der Waals surface area contributed by atoms with Crippen LogP contribution in [0.4, 0.5) is 10.5 Å². The summed E-state index contributed by atoms with van der Waals surface area (Å²) < 4.78 is 5.18. The number of hydrogen-bond acceptors (Lipinski definition) is 5. The normalized spacial score (nSPS) is 17.4. The fourth-order valence-corrected chi connectivity index (χ4v) is 3.01. The van der Waals surface area contributed by atoms with E-state index in [0.29, 0.717) is 0 Å². The lowest BCUT2D eigenvalue weighted by molar-refractivity contribution is -0.158. The summed E-state index contributed by atoms with van der Waals surface area (Å²) in [6.45, 7) is 7.11. The third-order valence-corrected chi connectivity index (χ3v) is 4.44. The highest BCUT2D eigenvalue weighted by molar-refractivity contribution is 6.01. The van der Waals surface area contributed by atoms with Crippen molar-refractivity contribution in [3.63, 3.8) is 0 Å². The number of hydrogen-bond donors (Lipinski definition) is 2. The van der Waals surface area contributed by atoms with Crippen LogP contribution in [0.1, 0.15) is 39.7 Å². The number of nitrogens with zero attached hydrogens (tertiary/aromatic N) is 1. The van der Waals surface area contributed by atoms with Crippen LogP contribution in [0.3, 0.4) is 0 Å². The van der Waals surface area contributed by atoms with Crippen molar-refractivity contribution >= 4 is 29.5 Å². The molecule has 8 heteroatoms. The Morgan fingerprint density at radius 3 is 2.54 bits per heavy atom. The Bertz CT molecular complexity index is 762. The van der Waals surface area contributed by atoms with Gasteiger partial charge in [0.2, 0.25) is 5.91 Å². The molecule has 0 unspecified atom stereocenters. The standard InChI is InChI=1S/C20H27N3O5/c1-5-14-8-6-7-9-16(14)23-11-15(10-17(23)24)19(26)28-13(4)18(25)22-20(27)21-12(2)3/h6-9,12-13,15H,5,10-11H2,1-4H3,(H2,21,22,25,27)/t13-,15-/m1/s1. The lowest BCUT2D eigenvalue weighted by atomic mass is 10.1. The number of anilines is 1. The summed E-state index contributed by atoms with van der Waals surface area (Å²) in [5.41, 5.74) is 1.82. The first-order chi connectivity index (χ1) is 13.2. The van der Waals surface area contributed by atoms with Crippen molar-refractivity contribution < 1.29 is 23.9 Å². The Balaban J connectivity index is 1.95. The number of carbonyl (C=O) groups excluding carboxylic acids is 4. The minimum Gasteiger partial charge on any atom is -0.452 e. The first-order valence-corrected chi connectivity index (χ1v) is 9.43. The first-order valence-electron chi connectivity index (χ1n) is 9.43. The third kappa shape index (κ3) is 5.31. The van der Waals surface area contributed by atoms with Crippen molar-refractivity contribution in [3.8, 4) is 0 Å². The molecule has 152 valence electrons. The van der Waals surface area contributed by atoms with Crippen molar-refractivity contribution in [2.24, 2.45) is 5.92 Å². The van der Waals surface area contributed by atoms with Gasteiger partial charge in [0.1, 0.15) is 0 Å². The second-order valence-corrected chi connectivity index (χ2v) is 7.08. The Labute approximate surface area is 164 Å². The molecule has 2 N–H and O–H groups in total. The molecule has 1 saturated heterocycles. The van der Waals surface area contributed by atoms with Gasteiger partial charge in [0, 0.05) is 24.7 Å². The maximum Gasteiger partial charge on any atom is 0.321 e. The highest BCUT2D eigenvalue weighted by Gasteiger charge is 2.38. The Morgan fingerprint density at radius 2 is 1.89 bits per heavy atom. The summed E-state index contributed by atoms with van der Waals surface area (Å²) in [6, 6.07) is 6.77. The number of ether oxygens (including phenoxy) is 1. The molecule has 0 radical (unpaired) electrons. The number of nitrogens with one attached hydrogen (secondary N) is 2. The fraction of sp³-hybridized carbons (Fsp3) is 0.500. The molecular weight excluding hydrogens is 362 g/mol. The molecule has 0 aliphatic carbocycles. The van der Waals surface area contributed by atoms with E-state index >= 15 is 0 Å². The van der Waals surface area contributed by atoms with Crippen LogP contribution >= 0.6 is 0 Å². The molecule has 1 heterocycles. The molecule has 0 bridgehead atoms. The van der Waals surface area contributed by atoms with Gasteiger partial charge in [-0.15, -0.1) is 0 Å². The van der Waals surface area contributed by atoms with Crippen molar-refractivity contribution in [1.82, 2.24) is 10.6 Å². The SMILES string of the molecule is CCc1ccccc1N1C[C@H](C(=O)O[C@H](C)C(=O)NC(=O)NC(C)C)CC1=O. The number of carbonyl (C=O) groups is 4. The number of rotatable bonds is 6. The van der Waals surface area contributed by atoms with Gasteiger partial charge in [-0.2, -0.15) is 0 Å². The Hall–Kier alpha value is -2.90. The van der Waals surface area contributed by atoms with E-state index in [-0.39, 0.29) is 24.9 Å². The minimum absolute atomic E-state index is 0.0268. The second-order valence-electron chi connectivity index (χ2n) is 7.08. The van der Waals surface area contributed by atoms with Gasteiger partial charge in [0.25, 0.3) is 5.91 Å². The van der Waals surface area contributed by atoms with Gasteiger partial charge in [-0.25, -0.2) is 4.79 Å². The van der Waals surface area contributed by atoms with Gasteiger partial charge in [0.05, 0.1) is 5.92 Å². The summed E-state index contributed by atoms with van der Waals surface area (Å²) in [7, 11) is 0. The van der Waals surface area contributed by atoms with E-state index in [1.165, 1.54) is 6.92 Å². The van der Waals surface area contributed by atoms with E-state index in [9.17, 15) is 19.2 Å². The Morgan fingerprint density at radius 1 is 1.21 bits per heavy atom. The van der Waals surface area contributed by atoms with Gasteiger partial charge >= 0.3 is 12.0 Å². The fourth-order valence-electron chi connectivity index (χ4n) is 3.01. The molecule has 4 amide bonds. The Kier molecular flexibility index (Phi) is 7.14. The molecule has 2 atom stereocenters.